The molecule has 0 saturated heterocycles. The highest BCUT2D eigenvalue weighted by molar-refractivity contribution is 7.92. The maximum absolute atomic E-state index is 12.9. The number of nitrogens with zero attached hydrogens (tertiary/aromatic N) is 2. The number of benzene rings is 1. The molecule has 1 heterocycles. The van der Waals surface area contributed by atoms with Crippen molar-refractivity contribution in [3.8, 4) is 11.5 Å². The summed E-state index contributed by atoms with van der Waals surface area (Å²) in [7, 11) is 1.67. The summed E-state index contributed by atoms with van der Waals surface area (Å²) in [5, 5.41) is 4.11. The molecule has 0 spiro atoms. The van der Waals surface area contributed by atoms with Crippen molar-refractivity contribution in [3.05, 3.63) is 29.1 Å². The number of carbonyl (C=O) groups is 1. The molecule has 10 heteroatoms. The van der Waals surface area contributed by atoms with Crippen LogP contribution >= 0.6 is 0 Å². The molecule has 9 nitrogen and oxygen atoms in total. The number of sulfonamides is 1. The zero-order valence-electron chi connectivity index (χ0n) is 15.4. The van der Waals surface area contributed by atoms with E-state index in [-0.39, 0.29) is 27.6 Å². The van der Waals surface area contributed by atoms with Crippen molar-refractivity contribution >= 4 is 21.7 Å². The third-order valence-corrected chi connectivity index (χ3v) is 5.50. The minimum Gasteiger partial charge on any atom is -0.493 e. The van der Waals surface area contributed by atoms with Crippen molar-refractivity contribution in [2.24, 2.45) is 7.05 Å². The highest BCUT2D eigenvalue weighted by Crippen LogP contribution is 2.35. The van der Waals surface area contributed by atoms with Gasteiger partial charge in [-0.05, 0) is 13.8 Å². The van der Waals surface area contributed by atoms with Crippen LogP contribution in [0.5, 0.6) is 11.5 Å². The molecule has 2 aromatic rings. The van der Waals surface area contributed by atoms with E-state index in [1.807, 2.05) is 0 Å². The molecule has 0 amide bonds. The van der Waals surface area contributed by atoms with Crippen molar-refractivity contribution < 1.29 is 27.4 Å². The minimum atomic E-state index is -4.00. The van der Waals surface area contributed by atoms with E-state index in [0.29, 0.717) is 11.4 Å². The second kappa shape index (κ2) is 7.24. The van der Waals surface area contributed by atoms with Gasteiger partial charge < -0.3 is 14.2 Å². The average Bonchev–Trinajstić information content (AvgIpc) is 2.86. The molecule has 0 radical (unpaired) electrons. The SMILES string of the molecule is COC(=O)c1cc(OC)c(OC)cc1NS(=O)(=O)c1c(C)nn(C)c1C. The van der Waals surface area contributed by atoms with Gasteiger partial charge in [-0.15, -0.1) is 0 Å². The maximum Gasteiger partial charge on any atom is 0.340 e. The second-order valence-electron chi connectivity index (χ2n) is 5.47. The van der Waals surface area contributed by atoms with Crippen molar-refractivity contribution in [1.82, 2.24) is 9.78 Å². The Labute approximate surface area is 151 Å². The smallest absolute Gasteiger partial charge is 0.340 e. The summed E-state index contributed by atoms with van der Waals surface area (Å²) in [6, 6.07) is 2.72. The molecule has 0 aliphatic rings. The number of rotatable bonds is 6. The maximum atomic E-state index is 12.9. The number of carbonyl (C=O) groups excluding carboxylic acids is 1. The van der Waals surface area contributed by atoms with Gasteiger partial charge in [0.25, 0.3) is 10.0 Å². The van der Waals surface area contributed by atoms with E-state index in [1.165, 1.54) is 38.1 Å². The van der Waals surface area contributed by atoms with Gasteiger partial charge in [0.1, 0.15) is 4.90 Å². The number of methoxy groups -OCH3 is 3. The Morgan fingerprint density at radius 3 is 2.15 bits per heavy atom. The Morgan fingerprint density at radius 2 is 1.69 bits per heavy atom. The van der Waals surface area contributed by atoms with Crippen LogP contribution in [-0.2, 0) is 21.8 Å². The van der Waals surface area contributed by atoms with Crippen LogP contribution in [0.1, 0.15) is 21.7 Å². The zero-order valence-corrected chi connectivity index (χ0v) is 16.2. The number of aryl methyl sites for hydroxylation is 2. The normalized spacial score (nSPS) is 11.2. The fraction of sp³-hybridized carbons (Fsp3) is 0.375. The first-order valence-electron chi connectivity index (χ1n) is 7.53. The van der Waals surface area contributed by atoms with Crippen LogP contribution in [0.15, 0.2) is 17.0 Å². The van der Waals surface area contributed by atoms with Crippen LogP contribution in [-0.4, -0.2) is 45.5 Å². The molecular formula is C16H21N3O6S. The molecule has 1 aromatic heterocycles. The molecule has 0 fully saturated rings. The lowest BCUT2D eigenvalue weighted by atomic mass is 10.1. The van der Waals surface area contributed by atoms with Gasteiger partial charge in [-0.2, -0.15) is 5.10 Å². The largest absolute Gasteiger partial charge is 0.493 e. The lowest BCUT2D eigenvalue weighted by Gasteiger charge is -2.15. The monoisotopic (exact) mass is 383 g/mol. The predicted octanol–water partition coefficient (Wildman–Crippen LogP) is 1.64. The molecule has 142 valence electrons. The first-order valence-corrected chi connectivity index (χ1v) is 9.02. The molecule has 0 saturated carbocycles. The minimum absolute atomic E-state index is 0.00655. The topological polar surface area (TPSA) is 109 Å². The fourth-order valence-electron chi connectivity index (χ4n) is 2.58. The number of aromatic nitrogens is 2. The molecule has 26 heavy (non-hydrogen) atoms. The standard InChI is InChI=1S/C16H21N3O6S/c1-9-15(10(2)19(3)17-9)26(21,22)18-12-8-14(24-5)13(23-4)7-11(12)16(20)25-6/h7-8,18H,1-6H3. The second-order valence-corrected chi connectivity index (χ2v) is 7.09. The van der Waals surface area contributed by atoms with Gasteiger partial charge in [0, 0.05) is 19.2 Å². The molecule has 1 aromatic carbocycles. The summed E-state index contributed by atoms with van der Waals surface area (Å²) in [5.74, 6) is -0.189. The third-order valence-electron chi connectivity index (χ3n) is 3.88. The highest BCUT2D eigenvalue weighted by Gasteiger charge is 2.27. The number of anilines is 1. The summed E-state index contributed by atoms with van der Waals surface area (Å²) in [6.45, 7) is 3.24. The Bertz CT molecular complexity index is 949. The number of hydrogen-bond acceptors (Lipinski definition) is 7. The van der Waals surface area contributed by atoms with Crippen molar-refractivity contribution in [3.63, 3.8) is 0 Å². The lowest BCUT2D eigenvalue weighted by Crippen LogP contribution is -2.18. The highest BCUT2D eigenvalue weighted by atomic mass is 32.2. The lowest BCUT2D eigenvalue weighted by molar-refractivity contribution is 0.0601. The number of nitrogens with one attached hydrogen (secondary N) is 1. The van der Waals surface area contributed by atoms with Crippen molar-refractivity contribution in [2.75, 3.05) is 26.1 Å². The van der Waals surface area contributed by atoms with Crippen molar-refractivity contribution in [2.45, 2.75) is 18.7 Å². The molecule has 0 bridgehead atoms. The van der Waals surface area contributed by atoms with E-state index in [2.05, 4.69) is 9.82 Å². The molecular weight excluding hydrogens is 362 g/mol. The summed E-state index contributed by atoms with van der Waals surface area (Å²) in [6.07, 6.45) is 0. The summed E-state index contributed by atoms with van der Waals surface area (Å²) in [5.41, 5.74) is 0.817. The Kier molecular flexibility index (Phi) is 5.45. The summed E-state index contributed by atoms with van der Waals surface area (Å²) >= 11 is 0. The first-order chi connectivity index (χ1) is 12.2. The fourth-order valence-corrected chi connectivity index (χ4v) is 4.09. The number of esters is 1. The Hall–Kier alpha value is -2.75. The molecule has 0 aliphatic carbocycles. The molecule has 2 rings (SSSR count). The predicted molar refractivity (Wildman–Crippen MR) is 94.4 cm³/mol. The van der Waals surface area contributed by atoms with Crippen LogP contribution in [0.2, 0.25) is 0 Å². The van der Waals surface area contributed by atoms with E-state index in [0.717, 1.165) is 0 Å². The Balaban J connectivity index is 2.62. The molecule has 0 unspecified atom stereocenters. The average molecular weight is 383 g/mol. The van der Waals surface area contributed by atoms with Crippen LogP contribution in [0.25, 0.3) is 0 Å². The van der Waals surface area contributed by atoms with Crippen LogP contribution in [0.3, 0.4) is 0 Å². The zero-order chi connectivity index (χ0) is 19.6. The van der Waals surface area contributed by atoms with Gasteiger partial charge in [0.2, 0.25) is 0 Å². The summed E-state index contributed by atoms with van der Waals surface area (Å²) < 4.78 is 44.7. The van der Waals surface area contributed by atoms with Crippen molar-refractivity contribution in [1.29, 1.82) is 0 Å². The van der Waals surface area contributed by atoms with E-state index in [9.17, 15) is 13.2 Å². The first kappa shape index (κ1) is 19.6. The van der Waals surface area contributed by atoms with Gasteiger partial charge in [-0.25, -0.2) is 13.2 Å². The number of ether oxygens (including phenoxy) is 3. The molecule has 1 N–H and O–H groups in total. The van der Waals surface area contributed by atoms with Crippen LogP contribution < -0.4 is 14.2 Å². The van der Waals surface area contributed by atoms with Gasteiger partial charge in [-0.1, -0.05) is 0 Å². The van der Waals surface area contributed by atoms with E-state index in [4.69, 9.17) is 14.2 Å². The molecule has 0 atom stereocenters. The van der Waals surface area contributed by atoms with Gasteiger partial charge >= 0.3 is 5.97 Å². The quantitative estimate of drug-likeness (QED) is 0.755. The Morgan fingerprint density at radius 1 is 1.12 bits per heavy atom. The van der Waals surface area contributed by atoms with E-state index in [1.54, 1.807) is 20.9 Å². The van der Waals surface area contributed by atoms with E-state index >= 15 is 0 Å². The van der Waals surface area contributed by atoms with Gasteiger partial charge in [0.05, 0.1) is 44.0 Å². The number of hydrogen-bond donors (Lipinski definition) is 1. The van der Waals surface area contributed by atoms with E-state index < -0.39 is 16.0 Å². The van der Waals surface area contributed by atoms with Crippen LogP contribution in [0.4, 0.5) is 5.69 Å². The van der Waals surface area contributed by atoms with Gasteiger partial charge in [-0.3, -0.25) is 9.40 Å². The molecule has 0 aliphatic heterocycles. The third kappa shape index (κ3) is 3.45. The van der Waals surface area contributed by atoms with Gasteiger partial charge in [0.15, 0.2) is 11.5 Å². The summed E-state index contributed by atoms with van der Waals surface area (Å²) in [4.78, 5) is 12.1. The van der Waals surface area contributed by atoms with Crippen LogP contribution in [0, 0.1) is 13.8 Å².